The van der Waals surface area contributed by atoms with Gasteiger partial charge >= 0.3 is 0 Å². The molecule has 0 spiro atoms. The number of ether oxygens (including phenoxy) is 2. The van der Waals surface area contributed by atoms with Crippen molar-refractivity contribution in [2.45, 2.75) is 18.9 Å². The average Bonchev–Trinajstić information content (AvgIpc) is 2.83. The second-order valence-electron chi connectivity index (χ2n) is 4.08. The number of halogens is 1. The molecule has 17 heavy (non-hydrogen) atoms. The molecule has 0 bridgehead atoms. The van der Waals surface area contributed by atoms with Crippen molar-refractivity contribution in [3.05, 3.63) is 33.4 Å². The van der Waals surface area contributed by atoms with Crippen LogP contribution in [0.25, 0.3) is 0 Å². The molecule has 1 saturated heterocycles. The fourth-order valence-electron chi connectivity index (χ4n) is 1.78. The summed E-state index contributed by atoms with van der Waals surface area (Å²) in [7, 11) is 0. The lowest BCUT2D eigenvalue weighted by Gasteiger charge is -2.09. The minimum Gasteiger partial charge on any atom is -0.376 e. The van der Waals surface area contributed by atoms with Gasteiger partial charge in [0.1, 0.15) is 6.61 Å². The van der Waals surface area contributed by atoms with Crippen molar-refractivity contribution in [2.75, 3.05) is 19.8 Å². The van der Waals surface area contributed by atoms with Crippen LogP contribution < -0.4 is 0 Å². The van der Waals surface area contributed by atoms with E-state index in [0.29, 0.717) is 12.2 Å². The topological polar surface area (TPSA) is 35.5 Å². The Bertz CT molecular complexity index is 369. The molecular formula is C13H15IO3. The van der Waals surface area contributed by atoms with Gasteiger partial charge in [0.2, 0.25) is 0 Å². The van der Waals surface area contributed by atoms with Gasteiger partial charge in [0.15, 0.2) is 5.78 Å². The van der Waals surface area contributed by atoms with Gasteiger partial charge in [0.25, 0.3) is 0 Å². The van der Waals surface area contributed by atoms with Crippen LogP contribution in [0.2, 0.25) is 0 Å². The van der Waals surface area contributed by atoms with Gasteiger partial charge in [0.05, 0.1) is 12.7 Å². The van der Waals surface area contributed by atoms with E-state index in [0.717, 1.165) is 23.0 Å². The lowest BCUT2D eigenvalue weighted by Crippen LogP contribution is -2.18. The van der Waals surface area contributed by atoms with Gasteiger partial charge < -0.3 is 9.47 Å². The second kappa shape index (κ2) is 6.47. The summed E-state index contributed by atoms with van der Waals surface area (Å²) >= 11 is 2.22. The zero-order valence-electron chi connectivity index (χ0n) is 9.52. The van der Waals surface area contributed by atoms with Gasteiger partial charge in [-0.2, -0.15) is 0 Å². The fourth-order valence-corrected chi connectivity index (χ4v) is 2.14. The van der Waals surface area contributed by atoms with Crippen LogP contribution in [0.4, 0.5) is 0 Å². The zero-order valence-corrected chi connectivity index (χ0v) is 11.7. The molecule has 1 aliphatic rings. The third-order valence-electron chi connectivity index (χ3n) is 2.73. The Balaban J connectivity index is 1.75. The molecule has 1 aromatic carbocycles. The highest BCUT2D eigenvalue weighted by atomic mass is 127. The maximum absolute atomic E-state index is 11.8. The molecule has 0 amide bonds. The summed E-state index contributed by atoms with van der Waals surface area (Å²) in [5.41, 5.74) is 0.706. The first-order valence-electron chi connectivity index (χ1n) is 5.74. The number of benzene rings is 1. The molecule has 92 valence electrons. The number of carbonyl (C=O) groups is 1. The molecular weight excluding hydrogens is 331 g/mol. The second-order valence-corrected chi connectivity index (χ2v) is 5.33. The average molecular weight is 346 g/mol. The summed E-state index contributed by atoms with van der Waals surface area (Å²) < 4.78 is 11.9. The summed E-state index contributed by atoms with van der Waals surface area (Å²) in [6, 6.07) is 7.51. The molecule has 4 heteroatoms. The summed E-state index contributed by atoms with van der Waals surface area (Å²) in [4.78, 5) is 11.8. The van der Waals surface area contributed by atoms with Crippen molar-refractivity contribution in [1.82, 2.24) is 0 Å². The summed E-state index contributed by atoms with van der Waals surface area (Å²) in [5.74, 6) is 0.0272. The van der Waals surface area contributed by atoms with E-state index >= 15 is 0 Å². The molecule has 2 rings (SSSR count). The molecule has 0 radical (unpaired) electrons. The first kappa shape index (κ1) is 13.0. The molecule has 1 fully saturated rings. The van der Waals surface area contributed by atoms with Crippen molar-refractivity contribution in [2.24, 2.45) is 0 Å². The van der Waals surface area contributed by atoms with Crippen molar-refractivity contribution in [3.63, 3.8) is 0 Å². The van der Waals surface area contributed by atoms with Crippen molar-refractivity contribution >= 4 is 28.4 Å². The fraction of sp³-hybridized carbons (Fsp3) is 0.462. The van der Waals surface area contributed by atoms with E-state index in [2.05, 4.69) is 22.6 Å². The van der Waals surface area contributed by atoms with E-state index in [1.807, 2.05) is 24.3 Å². The van der Waals surface area contributed by atoms with Crippen molar-refractivity contribution < 1.29 is 14.3 Å². The molecule has 0 aliphatic carbocycles. The van der Waals surface area contributed by atoms with Gasteiger partial charge in [-0.1, -0.05) is 12.1 Å². The number of Topliss-reactive ketones (excluding diaryl/α,β-unsaturated/α-hetero) is 1. The highest BCUT2D eigenvalue weighted by Gasteiger charge is 2.16. The van der Waals surface area contributed by atoms with Gasteiger partial charge in [-0.25, -0.2) is 0 Å². The predicted octanol–water partition coefficient (Wildman–Crippen LogP) is 2.67. The van der Waals surface area contributed by atoms with Crippen LogP contribution in [0.15, 0.2) is 24.3 Å². The quantitative estimate of drug-likeness (QED) is 0.608. The summed E-state index contributed by atoms with van der Waals surface area (Å²) in [5, 5.41) is 0. The first-order chi connectivity index (χ1) is 8.25. The molecule has 1 aliphatic heterocycles. The van der Waals surface area contributed by atoms with Gasteiger partial charge in [-0.3, -0.25) is 4.79 Å². The van der Waals surface area contributed by atoms with Crippen LogP contribution >= 0.6 is 22.6 Å². The van der Waals surface area contributed by atoms with Crippen LogP contribution in [0.1, 0.15) is 23.2 Å². The third-order valence-corrected chi connectivity index (χ3v) is 3.45. The van der Waals surface area contributed by atoms with Gasteiger partial charge in [0, 0.05) is 15.7 Å². The van der Waals surface area contributed by atoms with Crippen LogP contribution in [-0.4, -0.2) is 31.7 Å². The van der Waals surface area contributed by atoms with Crippen LogP contribution in [0.3, 0.4) is 0 Å². The molecule has 0 saturated carbocycles. The Hall–Kier alpha value is -0.460. The Morgan fingerprint density at radius 1 is 1.41 bits per heavy atom. The zero-order chi connectivity index (χ0) is 12.1. The molecule has 3 nitrogen and oxygen atoms in total. The Morgan fingerprint density at radius 3 is 2.82 bits per heavy atom. The van der Waals surface area contributed by atoms with Gasteiger partial charge in [-0.15, -0.1) is 0 Å². The smallest absolute Gasteiger partial charge is 0.188 e. The van der Waals surface area contributed by atoms with E-state index < -0.39 is 0 Å². The normalized spacial score (nSPS) is 19.5. The highest BCUT2D eigenvalue weighted by molar-refractivity contribution is 14.1. The number of hydrogen-bond donors (Lipinski definition) is 0. The number of carbonyl (C=O) groups excluding carboxylic acids is 1. The lowest BCUT2D eigenvalue weighted by atomic mass is 10.1. The minimum absolute atomic E-state index is 0.0272. The lowest BCUT2D eigenvalue weighted by molar-refractivity contribution is 0.0190. The van der Waals surface area contributed by atoms with Gasteiger partial charge in [-0.05, 0) is 47.6 Å². The van der Waals surface area contributed by atoms with E-state index in [9.17, 15) is 4.79 Å². The van der Waals surface area contributed by atoms with E-state index in [1.54, 1.807) is 0 Å². The van der Waals surface area contributed by atoms with Crippen molar-refractivity contribution in [3.8, 4) is 0 Å². The molecule has 1 aromatic rings. The molecule has 1 atom stereocenters. The Morgan fingerprint density at radius 2 is 2.18 bits per heavy atom. The predicted molar refractivity (Wildman–Crippen MR) is 73.3 cm³/mol. The van der Waals surface area contributed by atoms with Crippen LogP contribution in [0.5, 0.6) is 0 Å². The molecule has 0 N–H and O–H groups in total. The van der Waals surface area contributed by atoms with E-state index in [1.165, 1.54) is 0 Å². The van der Waals surface area contributed by atoms with E-state index in [-0.39, 0.29) is 18.5 Å². The van der Waals surface area contributed by atoms with Crippen LogP contribution in [-0.2, 0) is 9.47 Å². The standard InChI is InChI=1S/C13H15IO3/c14-11-5-3-10(4-6-11)13(15)9-16-8-12-2-1-7-17-12/h3-6,12H,1-2,7-9H2. The third kappa shape index (κ3) is 4.04. The Labute approximate surface area is 115 Å². The number of rotatable bonds is 5. The first-order valence-corrected chi connectivity index (χ1v) is 6.82. The number of ketones is 1. The minimum atomic E-state index is 0.0272. The monoisotopic (exact) mass is 346 g/mol. The van der Waals surface area contributed by atoms with Crippen LogP contribution in [0, 0.1) is 3.57 Å². The molecule has 1 unspecified atom stereocenters. The maximum atomic E-state index is 11.8. The largest absolute Gasteiger partial charge is 0.376 e. The SMILES string of the molecule is O=C(COCC1CCCO1)c1ccc(I)cc1. The Kier molecular flexibility index (Phi) is 4.94. The highest BCUT2D eigenvalue weighted by Crippen LogP contribution is 2.12. The molecule has 1 heterocycles. The van der Waals surface area contributed by atoms with E-state index in [4.69, 9.17) is 9.47 Å². The maximum Gasteiger partial charge on any atom is 0.188 e. The van der Waals surface area contributed by atoms with Crippen molar-refractivity contribution in [1.29, 1.82) is 0 Å². The summed E-state index contributed by atoms with van der Waals surface area (Å²) in [6.07, 6.45) is 2.32. The number of hydrogen-bond acceptors (Lipinski definition) is 3. The molecule has 0 aromatic heterocycles. The summed E-state index contributed by atoms with van der Waals surface area (Å²) in [6.45, 7) is 1.48.